The van der Waals surface area contributed by atoms with Crippen molar-refractivity contribution in [3.05, 3.63) is 12.2 Å². The van der Waals surface area contributed by atoms with E-state index in [1.807, 2.05) is 0 Å². The van der Waals surface area contributed by atoms with Gasteiger partial charge in [-0.25, -0.2) is 0 Å². The maximum absolute atomic E-state index is 10.4. The lowest BCUT2D eigenvalue weighted by Crippen LogP contribution is -2.30. The molecule has 2 bridgehead atoms. The smallest absolute Gasteiger partial charge is 0.303 e. The van der Waals surface area contributed by atoms with Crippen molar-refractivity contribution in [2.24, 2.45) is 11.8 Å². The monoisotopic (exact) mass is 268 g/mol. The Kier molecular flexibility index (Phi) is 5.40. The lowest BCUT2D eigenvalue weighted by Gasteiger charge is -2.26. The van der Waals surface area contributed by atoms with E-state index in [1.165, 1.54) is 12.8 Å². The molecule has 4 heteroatoms. The zero-order valence-electron chi connectivity index (χ0n) is 11.6. The molecular formula is C15H24O4. The van der Waals surface area contributed by atoms with Gasteiger partial charge >= 0.3 is 5.97 Å². The van der Waals surface area contributed by atoms with Crippen molar-refractivity contribution in [1.82, 2.24) is 0 Å². The van der Waals surface area contributed by atoms with Crippen LogP contribution in [0, 0.1) is 11.8 Å². The Morgan fingerprint density at radius 1 is 1.32 bits per heavy atom. The number of carboxylic acids is 1. The quantitative estimate of drug-likeness (QED) is 0.543. The van der Waals surface area contributed by atoms with Crippen LogP contribution in [0.4, 0.5) is 0 Å². The van der Waals surface area contributed by atoms with Crippen LogP contribution in [0.15, 0.2) is 12.2 Å². The second-order valence-corrected chi connectivity index (χ2v) is 5.57. The fraction of sp³-hybridized carbons (Fsp3) is 0.800. The topological polar surface area (TPSA) is 55.8 Å². The summed E-state index contributed by atoms with van der Waals surface area (Å²) in [5.41, 5.74) is 0. The third kappa shape index (κ3) is 3.80. The highest BCUT2D eigenvalue weighted by Crippen LogP contribution is 2.45. The van der Waals surface area contributed by atoms with Gasteiger partial charge in [-0.1, -0.05) is 12.2 Å². The molecule has 2 heterocycles. The first-order chi connectivity index (χ1) is 9.22. The van der Waals surface area contributed by atoms with Gasteiger partial charge in [-0.3, -0.25) is 4.79 Å². The summed E-state index contributed by atoms with van der Waals surface area (Å²) in [4.78, 5) is 10.4. The van der Waals surface area contributed by atoms with Crippen molar-refractivity contribution in [3.63, 3.8) is 0 Å². The van der Waals surface area contributed by atoms with E-state index in [-0.39, 0.29) is 6.42 Å². The fourth-order valence-corrected chi connectivity index (χ4v) is 3.36. The number of methoxy groups -OCH3 is 1. The van der Waals surface area contributed by atoms with Crippen molar-refractivity contribution in [3.8, 4) is 0 Å². The number of hydrogen-bond donors (Lipinski definition) is 1. The Balaban J connectivity index is 1.72. The van der Waals surface area contributed by atoms with E-state index >= 15 is 0 Å². The van der Waals surface area contributed by atoms with Gasteiger partial charge in [0.2, 0.25) is 0 Å². The molecule has 0 aromatic carbocycles. The summed E-state index contributed by atoms with van der Waals surface area (Å²) in [7, 11) is 1.75. The molecule has 19 heavy (non-hydrogen) atoms. The highest BCUT2D eigenvalue weighted by molar-refractivity contribution is 5.66. The predicted octanol–water partition coefficient (Wildman–Crippen LogP) is 2.63. The Morgan fingerprint density at radius 2 is 2.05 bits per heavy atom. The molecule has 0 aromatic rings. The first kappa shape index (κ1) is 14.5. The molecule has 2 fully saturated rings. The molecule has 2 saturated heterocycles. The summed E-state index contributed by atoms with van der Waals surface area (Å²) < 4.78 is 11.3. The summed E-state index contributed by atoms with van der Waals surface area (Å²) in [6, 6.07) is 0. The van der Waals surface area contributed by atoms with Crippen LogP contribution in [0.5, 0.6) is 0 Å². The molecule has 0 spiro atoms. The Morgan fingerprint density at radius 3 is 2.74 bits per heavy atom. The zero-order chi connectivity index (χ0) is 13.7. The lowest BCUT2D eigenvalue weighted by molar-refractivity contribution is -0.137. The van der Waals surface area contributed by atoms with Crippen molar-refractivity contribution in [1.29, 1.82) is 0 Å². The van der Waals surface area contributed by atoms with Crippen LogP contribution in [0.2, 0.25) is 0 Å². The lowest BCUT2D eigenvalue weighted by atomic mass is 9.78. The summed E-state index contributed by atoms with van der Waals surface area (Å²) in [6.07, 6.45) is 10.3. The average molecular weight is 268 g/mol. The average Bonchev–Trinajstić information content (AvgIpc) is 2.95. The Hall–Kier alpha value is -0.870. The van der Waals surface area contributed by atoms with Crippen LogP contribution in [0.3, 0.4) is 0 Å². The van der Waals surface area contributed by atoms with Gasteiger partial charge in [0.05, 0.1) is 18.8 Å². The maximum Gasteiger partial charge on any atom is 0.303 e. The minimum atomic E-state index is -0.713. The fourth-order valence-electron chi connectivity index (χ4n) is 3.36. The van der Waals surface area contributed by atoms with E-state index in [2.05, 4.69) is 12.2 Å². The van der Waals surface area contributed by atoms with E-state index in [0.29, 0.717) is 24.0 Å². The van der Waals surface area contributed by atoms with Crippen molar-refractivity contribution in [2.75, 3.05) is 13.7 Å². The van der Waals surface area contributed by atoms with Crippen LogP contribution >= 0.6 is 0 Å². The van der Waals surface area contributed by atoms with Crippen LogP contribution in [0.1, 0.15) is 38.5 Å². The van der Waals surface area contributed by atoms with E-state index in [9.17, 15) is 4.79 Å². The van der Waals surface area contributed by atoms with E-state index in [0.717, 1.165) is 25.9 Å². The largest absolute Gasteiger partial charge is 0.481 e. The van der Waals surface area contributed by atoms with E-state index in [1.54, 1.807) is 7.11 Å². The summed E-state index contributed by atoms with van der Waals surface area (Å²) >= 11 is 0. The first-order valence-electron chi connectivity index (χ1n) is 7.23. The van der Waals surface area contributed by atoms with Gasteiger partial charge in [0.15, 0.2) is 0 Å². The van der Waals surface area contributed by atoms with Gasteiger partial charge in [0.1, 0.15) is 0 Å². The van der Waals surface area contributed by atoms with Gasteiger partial charge in [-0.15, -0.1) is 0 Å². The number of fused-ring (bicyclic) bond motifs is 2. The number of carboxylic acid groups (broad SMARTS) is 1. The molecule has 0 saturated carbocycles. The highest BCUT2D eigenvalue weighted by Gasteiger charge is 2.47. The molecule has 4 nitrogen and oxygen atoms in total. The molecule has 0 aromatic heterocycles. The number of carbonyl (C=O) groups is 1. The van der Waals surface area contributed by atoms with Crippen LogP contribution < -0.4 is 0 Å². The third-order valence-electron chi connectivity index (χ3n) is 4.29. The second-order valence-electron chi connectivity index (χ2n) is 5.57. The molecular weight excluding hydrogens is 244 g/mol. The summed E-state index contributed by atoms with van der Waals surface area (Å²) in [6.45, 7) is 0.790. The number of rotatable bonds is 8. The minimum Gasteiger partial charge on any atom is -0.481 e. The number of hydrogen-bond acceptors (Lipinski definition) is 3. The van der Waals surface area contributed by atoms with Crippen molar-refractivity contribution >= 4 is 5.97 Å². The number of unbranched alkanes of at least 4 members (excludes halogenated alkanes) is 1. The first-order valence-corrected chi connectivity index (χ1v) is 7.23. The Bertz CT molecular complexity index is 326. The number of aliphatic carboxylic acids is 1. The highest BCUT2D eigenvalue weighted by atomic mass is 16.5. The molecule has 2 aliphatic heterocycles. The van der Waals surface area contributed by atoms with Gasteiger partial charge in [0, 0.05) is 19.4 Å². The molecule has 0 radical (unpaired) electrons. The van der Waals surface area contributed by atoms with E-state index < -0.39 is 5.97 Å². The van der Waals surface area contributed by atoms with Gasteiger partial charge in [-0.2, -0.15) is 0 Å². The summed E-state index contributed by atoms with van der Waals surface area (Å²) in [5.74, 6) is 0.400. The summed E-state index contributed by atoms with van der Waals surface area (Å²) in [5, 5.41) is 8.55. The molecule has 108 valence electrons. The molecule has 4 atom stereocenters. The number of ether oxygens (including phenoxy) is 2. The molecule has 1 N–H and O–H groups in total. The second kappa shape index (κ2) is 7.06. The molecule has 2 aliphatic rings. The van der Waals surface area contributed by atoms with Crippen LogP contribution in [-0.2, 0) is 14.3 Å². The molecule has 0 amide bonds. The normalized spacial score (nSPS) is 33.3. The molecule has 2 rings (SSSR count). The minimum absolute atomic E-state index is 0.258. The van der Waals surface area contributed by atoms with Crippen LogP contribution in [0.25, 0.3) is 0 Å². The maximum atomic E-state index is 10.4. The van der Waals surface area contributed by atoms with Gasteiger partial charge in [-0.05, 0) is 38.0 Å². The predicted molar refractivity (Wildman–Crippen MR) is 72.0 cm³/mol. The number of allylic oxidation sites excluding steroid dienone is 2. The van der Waals surface area contributed by atoms with E-state index in [4.69, 9.17) is 14.6 Å². The van der Waals surface area contributed by atoms with Crippen molar-refractivity contribution in [2.45, 2.75) is 50.7 Å². The van der Waals surface area contributed by atoms with Crippen LogP contribution in [-0.4, -0.2) is 37.0 Å². The SMILES string of the molecule is COC[C@@H]1[C@H](C/C=C\CCCC(=O)O)[C@@H]2CC[C@H]1O2. The third-order valence-corrected chi connectivity index (χ3v) is 4.29. The van der Waals surface area contributed by atoms with Crippen molar-refractivity contribution < 1.29 is 19.4 Å². The standard InChI is InChI=1S/C15H24O4/c1-18-10-12-11(13-8-9-14(12)19-13)6-4-2-3-5-7-15(16)17/h2,4,11-14H,3,5-10H2,1H3,(H,16,17)/b4-2-/t11-,12+,13-,14+/m0/s1. The van der Waals surface area contributed by atoms with Gasteiger partial charge in [0.25, 0.3) is 0 Å². The van der Waals surface area contributed by atoms with Gasteiger partial charge < -0.3 is 14.6 Å². The molecule has 0 unspecified atom stereocenters. The zero-order valence-corrected chi connectivity index (χ0v) is 11.6. The Labute approximate surface area is 114 Å². The molecule has 0 aliphatic carbocycles.